The lowest BCUT2D eigenvalue weighted by atomic mass is 10.2. The molecule has 0 radical (unpaired) electrons. The van der Waals surface area contributed by atoms with Crippen LogP contribution in [-0.4, -0.2) is 33.7 Å². The molecule has 0 heterocycles. The fourth-order valence-corrected chi connectivity index (χ4v) is 3.78. The molecule has 162 valence electrons. The van der Waals surface area contributed by atoms with Crippen molar-refractivity contribution in [3.8, 4) is 17.2 Å². The second-order valence-corrected chi connectivity index (χ2v) is 8.54. The molecule has 0 aliphatic carbocycles. The second-order valence-electron chi connectivity index (χ2n) is 6.63. The van der Waals surface area contributed by atoms with Crippen LogP contribution in [0.3, 0.4) is 0 Å². The van der Waals surface area contributed by atoms with Gasteiger partial charge >= 0.3 is 0 Å². The van der Waals surface area contributed by atoms with Gasteiger partial charge in [0.2, 0.25) is 15.9 Å². The van der Waals surface area contributed by atoms with Gasteiger partial charge in [0.05, 0.1) is 24.2 Å². The molecule has 0 aromatic heterocycles. The number of benzene rings is 3. The number of hydrogen-bond acceptors (Lipinski definition) is 5. The number of carbonyl (C=O) groups excluding carboxylic acids is 1. The predicted molar refractivity (Wildman–Crippen MR) is 121 cm³/mol. The van der Waals surface area contributed by atoms with E-state index in [-0.39, 0.29) is 5.69 Å². The van der Waals surface area contributed by atoms with Crippen LogP contribution in [-0.2, 0) is 14.8 Å². The molecule has 8 heteroatoms. The molecule has 1 N–H and O–H groups in total. The molecule has 0 saturated carbocycles. The lowest BCUT2D eigenvalue weighted by Gasteiger charge is -2.24. The maximum Gasteiger partial charge on any atom is 0.245 e. The Kier molecular flexibility index (Phi) is 7.15. The Bertz CT molecular complexity index is 1130. The van der Waals surface area contributed by atoms with Crippen LogP contribution in [0.15, 0.2) is 78.9 Å². The van der Waals surface area contributed by atoms with Gasteiger partial charge in [-0.15, -0.1) is 0 Å². The maximum absolute atomic E-state index is 12.8. The molecule has 3 aromatic rings. The molecular formula is C23H24N2O5S. The Morgan fingerprint density at radius 1 is 0.903 bits per heavy atom. The van der Waals surface area contributed by atoms with E-state index in [1.54, 1.807) is 60.7 Å². The van der Waals surface area contributed by atoms with E-state index < -0.39 is 22.5 Å². The van der Waals surface area contributed by atoms with Crippen LogP contribution in [0.4, 0.5) is 11.4 Å². The first-order chi connectivity index (χ1) is 14.9. The first kappa shape index (κ1) is 22.2. The van der Waals surface area contributed by atoms with E-state index in [4.69, 9.17) is 9.47 Å². The van der Waals surface area contributed by atoms with Crippen LogP contribution in [0.2, 0.25) is 0 Å². The highest BCUT2D eigenvalue weighted by molar-refractivity contribution is 7.92. The summed E-state index contributed by atoms with van der Waals surface area (Å²) in [6.45, 7) is 1.86. The third-order valence-corrected chi connectivity index (χ3v) is 5.38. The quantitative estimate of drug-likeness (QED) is 0.537. The molecule has 0 bridgehead atoms. The highest BCUT2D eigenvalue weighted by atomic mass is 32.2. The van der Waals surface area contributed by atoms with E-state index in [0.29, 0.717) is 29.5 Å². The third kappa shape index (κ3) is 5.99. The largest absolute Gasteiger partial charge is 0.492 e. The lowest BCUT2D eigenvalue weighted by molar-refractivity contribution is -0.114. The SMILES string of the molecule is CCOc1ccccc1NC(=O)CN(c1ccccc1Oc1ccccc1)S(C)(=O)=O. The topological polar surface area (TPSA) is 84.9 Å². The number of carbonyl (C=O) groups is 1. The predicted octanol–water partition coefficient (Wildman–Crippen LogP) is 4.28. The van der Waals surface area contributed by atoms with Crippen molar-refractivity contribution in [2.75, 3.05) is 29.0 Å². The summed E-state index contributed by atoms with van der Waals surface area (Å²) in [5, 5.41) is 2.73. The zero-order valence-electron chi connectivity index (χ0n) is 17.3. The van der Waals surface area contributed by atoms with Crippen molar-refractivity contribution in [3.05, 3.63) is 78.9 Å². The summed E-state index contributed by atoms with van der Waals surface area (Å²) < 4.78 is 37.5. The molecule has 3 aromatic carbocycles. The average Bonchev–Trinajstić information content (AvgIpc) is 2.74. The minimum atomic E-state index is -3.78. The Balaban J connectivity index is 1.86. The lowest BCUT2D eigenvalue weighted by Crippen LogP contribution is -2.37. The summed E-state index contributed by atoms with van der Waals surface area (Å²) in [4.78, 5) is 12.8. The van der Waals surface area contributed by atoms with Gasteiger partial charge in [-0.05, 0) is 43.3 Å². The molecule has 0 atom stereocenters. The Labute approximate surface area is 182 Å². The molecule has 0 fully saturated rings. The Hall–Kier alpha value is -3.52. The molecule has 0 spiro atoms. The number of nitrogens with one attached hydrogen (secondary N) is 1. The average molecular weight is 441 g/mol. The minimum absolute atomic E-state index is 0.266. The fraction of sp³-hybridized carbons (Fsp3) is 0.174. The van der Waals surface area contributed by atoms with Gasteiger partial charge in [0.25, 0.3) is 0 Å². The van der Waals surface area contributed by atoms with E-state index in [1.165, 1.54) is 0 Å². The number of anilines is 2. The summed E-state index contributed by atoms with van der Waals surface area (Å²) in [6, 6.07) is 22.7. The molecule has 0 saturated heterocycles. The zero-order chi connectivity index (χ0) is 22.3. The van der Waals surface area contributed by atoms with Crippen molar-refractivity contribution in [2.45, 2.75) is 6.92 Å². The molecule has 1 amide bonds. The molecule has 0 aliphatic heterocycles. The smallest absolute Gasteiger partial charge is 0.245 e. The first-order valence-electron chi connectivity index (χ1n) is 9.70. The number of rotatable bonds is 9. The number of nitrogens with zero attached hydrogens (tertiary/aromatic N) is 1. The third-order valence-electron chi connectivity index (χ3n) is 4.25. The number of ether oxygens (including phenoxy) is 2. The molecule has 0 unspecified atom stereocenters. The first-order valence-corrected chi connectivity index (χ1v) is 11.5. The molecule has 31 heavy (non-hydrogen) atoms. The summed E-state index contributed by atoms with van der Waals surface area (Å²) in [6.07, 6.45) is 1.05. The van der Waals surface area contributed by atoms with Crippen LogP contribution in [0.5, 0.6) is 17.2 Å². The van der Waals surface area contributed by atoms with Gasteiger partial charge in [0.15, 0.2) is 5.75 Å². The Morgan fingerprint density at radius 3 is 2.19 bits per heavy atom. The van der Waals surface area contributed by atoms with Crippen molar-refractivity contribution < 1.29 is 22.7 Å². The van der Waals surface area contributed by atoms with Gasteiger partial charge in [-0.2, -0.15) is 0 Å². The van der Waals surface area contributed by atoms with Crippen molar-refractivity contribution in [3.63, 3.8) is 0 Å². The summed E-state index contributed by atoms with van der Waals surface area (Å²) in [5.74, 6) is 0.879. The van der Waals surface area contributed by atoms with Gasteiger partial charge in [0.1, 0.15) is 18.0 Å². The number of sulfonamides is 1. The number of hydrogen-bond donors (Lipinski definition) is 1. The molecule has 0 aliphatic rings. The van der Waals surface area contributed by atoms with Crippen LogP contribution < -0.4 is 19.1 Å². The molecule has 7 nitrogen and oxygen atoms in total. The molecular weight excluding hydrogens is 416 g/mol. The summed E-state index contributed by atoms with van der Waals surface area (Å²) in [5.41, 5.74) is 0.735. The van der Waals surface area contributed by atoms with Crippen LogP contribution >= 0.6 is 0 Å². The minimum Gasteiger partial charge on any atom is -0.492 e. The number of para-hydroxylation sites is 5. The fourth-order valence-electron chi connectivity index (χ4n) is 2.92. The zero-order valence-corrected chi connectivity index (χ0v) is 18.1. The van der Waals surface area contributed by atoms with Crippen molar-refractivity contribution >= 4 is 27.3 Å². The normalized spacial score (nSPS) is 10.9. The van der Waals surface area contributed by atoms with Gasteiger partial charge in [-0.3, -0.25) is 9.10 Å². The van der Waals surface area contributed by atoms with Crippen molar-refractivity contribution in [1.29, 1.82) is 0 Å². The monoisotopic (exact) mass is 440 g/mol. The highest BCUT2D eigenvalue weighted by Crippen LogP contribution is 2.33. The maximum atomic E-state index is 12.8. The van der Waals surface area contributed by atoms with Crippen LogP contribution in [0.25, 0.3) is 0 Å². The van der Waals surface area contributed by atoms with Crippen LogP contribution in [0, 0.1) is 0 Å². The van der Waals surface area contributed by atoms with Crippen molar-refractivity contribution in [2.24, 2.45) is 0 Å². The van der Waals surface area contributed by atoms with E-state index in [2.05, 4.69) is 5.32 Å². The standard InChI is InChI=1S/C23H24N2O5S/c1-3-29-21-15-9-7-13-19(21)24-23(26)17-25(31(2,27)28)20-14-8-10-16-22(20)30-18-11-5-4-6-12-18/h4-16H,3,17H2,1-2H3,(H,24,26). The van der Waals surface area contributed by atoms with Gasteiger partial charge in [-0.1, -0.05) is 42.5 Å². The summed E-state index contributed by atoms with van der Waals surface area (Å²) in [7, 11) is -3.78. The van der Waals surface area contributed by atoms with Gasteiger partial charge < -0.3 is 14.8 Å². The van der Waals surface area contributed by atoms with E-state index >= 15 is 0 Å². The van der Waals surface area contributed by atoms with Crippen molar-refractivity contribution in [1.82, 2.24) is 0 Å². The van der Waals surface area contributed by atoms with Gasteiger partial charge in [0, 0.05) is 0 Å². The van der Waals surface area contributed by atoms with Crippen LogP contribution in [0.1, 0.15) is 6.92 Å². The Morgan fingerprint density at radius 2 is 1.52 bits per heavy atom. The van der Waals surface area contributed by atoms with E-state index in [9.17, 15) is 13.2 Å². The van der Waals surface area contributed by atoms with E-state index in [1.807, 2.05) is 25.1 Å². The second kappa shape index (κ2) is 9.99. The summed E-state index contributed by atoms with van der Waals surface area (Å²) >= 11 is 0. The highest BCUT2D eigenvalue weighted by Gasteiger charge is 2.24. The molecule has 3 rings (SSSR count). The van der Waals surface area contributed by atoms with Gasteiger partial charge in [-0.25, -0.2) is 8.42 Å². The number of amides is 1. The van der Waals surface area contributed by atoms with E-state index in [0.717, 1.165) is 10.6 Å².